The van der Waals surface area contributed by atoms with Crippen LogP contribution >= 0.6 is 0 Å². The first-order valence-corrected chi connectivity index (χ1v) is 7.93. The minimum absolute atomic E-state index is 1.05. The fourth-order valence-corrected chi connectivity index (χ4v) is 2.59. The summed E-state index contributed by atoms with van der Waals surface area (Å²) in [5.74, 6) is 0. The lowest BCUT2D eigenvalue weighted by atomic mass is 10.1. The van der Waals surface area contributed by atoms with Crippen molar-refractivity contribution in [3.8, 4) is 0 Å². The van der Waals surface area contributed by atoms with E-state index in [1.165, 1.54) is 23.4 Å². The second kappa shape index (κ2) is 7.82. The topological polar surface area (TPSA) is 16.1 Å². The highest BCUT2D eigenvalue weighted by molar-refractivity contribution is 5.47. The molecule has 2 heteroatoms. The Morgan fingerprint density at radius 1 is 0.952 bits per heavy atom. The van der Waals surface area contributed by atoms with Crippen LogP contribution in [0.2, 0.25) is 0 Å². The van der Waals surface area contributed by atoms with E-state index < -0.39 is 0 Å². The number of anilines is 1. The van der Waals surface area contributed by atoms with Gasteiger partial charge >= 0.3 is 0 Å². The molecule has 0 bridgehead atoms. The molecule has 2 nitrogen and oxygen atoms in total. The average Bonchev–Trinajstić information content (AvgIpc) is 2.47. The van der Waals surface area contributed by atoms with Crippen LogP contribution in [0.3, 0.4) is 0 Å². The van der Waals surface area contributed by atoms with Crippen molar-refractivity contribution in [2.45, 2.75) is 40.0 Å². The van der Waals surface area contributed by atoms with Crippen LogP contribution in [0.5, 0.6) is 0 Å². The molecular formula is C19H26N2. The minimum Gasteiger partial charge on any atom is -0.372 e. The summed E-state index contributed by atoms with van der Waals surface area (Å²) in [6.07, 6.45) is 3.37. The number of aryl methyl sites for hydroxylation is 3. The molecule has 0 saturated heterocycles. The van der Waals surface area contributed by atoms with Crippen LogP contribution in [0.1, 0.15) is 36.7 Å². The van der Waals surface area contributed by atoms with Gasteiger partial charge in [0, 0.05) is 30.2 Å². The highest BCUT2D eigenvalue weighted by Gasteiger charge is 2.05. The van der Waals surface area contributed by atoms with Gasteiger partial charge in [0.2, 0.25) is 0 Å². The molecule has 1 heterocycles. The second-order valence-corrected chi connectivity index (χ2v) is 5.70. The van der Waals surface area contributed by atoms with E-state index in [4.69, 9.17) is 0 Å². The SMILES string of the molecule is CCCN(CCCc1cccc(C)n1)c1ccc(C)cc1. The monoisotopic (exact) mass is 282 g/mol. The lowest BCUT2D eigenvalue weighted by Gasteiger charge is -2.24. The Hall–Kier alpha value is -1.83. The molecule has 0 amide bonds. The van der Waals surface area contributed by atoms with Gasteiger partial charge in [-0.15, -0.1) is 0 Å². The molecule has 1 aromatic carbocycles. The van der Waals surface area contributed by atoms with Crippen molar-refractivity contribution in [1.29, 1.82) is 0 Å². The van der Waals surface area contributed by atoms with Gasteiger partial charge in [0.15, 0.2) is 0 Å². The van der Waals surface area contributed by atoms with Crippen molar-refractivity contribution < 1.29 is 0 Å². The standard InChI is InChI=1S/C19H26N2/c1-4-14-21(19-12-10-16(2)11-13-19)15-6-9-18-8-5-7-17(3)20-18/h5,7-8,10-13H,4,6,9,14-15H2,1-3H3. The van der Waals surface area contributed by atoms with Crippen LogP contribution in [-0.4, -0.2) is 18.1 Å². The minimum atomic E-state index is 1.05. The average molecular weight is 282 g/mol. The van der Waals surface area contributed by atoms with E-state index >= 15 is 0 Å². The zero-order chi connectivity index (χ0) is 15.1. The normalized spacial score (nSPS) is 10.6. The first-order chi connectivity index (χ1) is 10.2. The second-order valence-electron chi connectivity index (χ2n) is 5.70. The summed E-state index contributed by atoms with van der Waals surface area (Å²) < 4.78 is 0. The smallest absolute Gasteiger partial charge is 0.0407 e. The Bertz CT molecular complexity index is 546. The Morgan fingerprint density at radius 3 is 2.38 bits per heavy atom. The fraction of sp³-hybridized carbons (Fsp3) is 0.421. The maximum Gasteiger partial charge on any atom is 0.0407 e. The number of benzene rings is 1. The predicted molar refractivity (Wildman–Crippen MR) is 91.0 cm³/mol. The molecule has 112 valence electrons. The number of hydrogen-bond acceptors (Lipinski definition) is 2. The van der Waals surface area contributed by atoms with Crippen LogP contribution in [0.25, 0.3) is 0 Å². The van der Waals surface area contributed by atoms with Crippen molar-refractivity contribution in [3.05, 3.63) is 59.4 Å². The van der Waals surface area contributed by atoms with Crippen molar-refractivity contribution in [1.82, 2.24) is 4.98 Å². The summed E-state index contributed by atoms with van der Waals surface area (Å²) in [5.41, 5.74) is 4.96. The molecule has 0 unspecified atom stereocenters. The van der Waals surface area contributed by atoms with E-state index in [-0.39, 0.29) is 0 Å². The van der Waals surface area contributed by atoms with E-state index in [0.717, 1.165) is 31.6 Å². The Labute approximate surface area is 128 Å². The molecule has 2 rings (SSSR count). The molecule has 21 heavy (non-hydrogen) atoms. The van der Waals surface area contributed by atoms with Gasteiger partial charge in [0.25, 0.3) is 0 Å². The fourth-order valence-electron chi connectivity index (χ4n) is 2.59. The number of hydrogen-bond donors (Lipinski definition) is 0. The highest BCUT2D eigenvalue weighted by atomic mass is 15.1. The van der Waals surface area contributed by atoms with Crippen molar-refractivity contribution in [2.24, 2.45) is 0 Å². The first-order valence-electron chi connectivity index (χ1n) is 7.93. The summed E-state index contributed by atoms with van der Waals surface area (Å²) in [5, 5.41) is 0. The Balaban J connectivity index is 1.92. The third-order valence-electron chi connectivity index (χ3n) is 3.70. The zero-order valence-electron chi connectivity index (χ0n) is 13.5. The molecule has 1 aromatic heterocycles. The summed E-state index contributed by atoms with van der Waals surface area (Å²) in [6.45, 7) is 8.64. The molecular weight excluding hydrogens is 256 g/mol. The molecule has 2 aromatic rings. The third-order valence-corrected chi connectivity index (χ3v) is 3.70. The Kier molecular flexibility index (Phi) is 5.79. The maximum atomic E-state index is 4.58. The van der Waals surface area contributed by atoms with Crippen LogP contribution in [0, 0.1) is 13.8 Å². The molecule has 0 aliphatic rings. The van der Waals surface area contributed by atoms with Gasteiger partial charge in [0.05, 0.1) is 0 Å². The van der Waals surface area contributed by atoms with Gasteiger partial charge < -0.3 is 4.90 Å². The van der Waals surface area contributed by atoms with E-state index in [0.29, 0.717) is 0 Å². The molecule has 0 aliphatic carbocycles. The molecule has 0 saturated carbocycles. The largest absolute Gasteiger partial charge is 0.372 e. The van der Waals surface area contributed by atoms with Crippen molar-refractivity contribution in [2.75, 3.05) is 18.0 Å². The molecule has 0 fully saturated rings. The summed E-state index contributed by atoms with van der Waals surface area (Å²) in [4.78, 5) is 7.06. The Morgan fingerprint density at radius 2 is 1.71 bits per heavy atom. The third kappa shape index (κ3) is 4.89. The van der Waals surface area contributed by atoms with Gasteiger partial charge in [0.1, 0.15) is 0 Å². The van der Waals surface area contributed by atoms with E-state index in [1.807, 2.05) is 0 Å². The predicted octanol–water partition coefficient (Wildman–Crippen LogP) is 4.55. The molecule has 0 N–H and O–H groups in total. The summed E-state index contributed by atoms with van der Waals surface area (Å²) in [6, 6.07) is 15.1. The van der Waals surface area contributed by atoms with Crippen LogP contribution in [-0.2, 0) is 6.42 Å². The first kappa shape index (κ1) is 15.6. The van der Waals surface area contributed by atoms with Crippen LogP contribution < -0.4 is 4.90 Å². The van der Waals surface area contributed by atoms with E-state index in [1.54, 1.807) is 0 Å². The molecule has 0 spiro atoms. The molecule has 0 radical (unpaired) electrons. The van der Waals surface area contributed by atoms with Crippen LogP contribution in [0.15, 0.2) is 42.5 Å². The molecule has 0 aliphatic heterocycles. The van der Waals surface area contributed by atoms with E-state index in [9.17, 15) is 0 Å². The van der Waals surface area contributed by atoms with Crippen LogP contribution in [0.4, 0.5) is 5.69 Å². The number of nitrogens with zero attached hydrogens (tertiary/aromatic N) is 2. The number of rotatable bonds is 7. The maximum absolute atomic E-state index is 4.58. The lowest BCUT2D eigenvalue weighted by Crippen LogP contribution is -2.25. The summed E-state index contributed by atoms with van der Waals surface area (Å²) >= 11 is 0. The van der Waals surface area contributed by atoms with Gasteiger partial charge in [-0.05, 0) is 57.4 Å². The van der Waals surface area contributed by atoms with Gasteiger partial charge in [-0.1, -0.05) is 30.7 Å². The summed E-state index contributed by atoms with van der Waals surface area (Å²) in [7, 11) is 0. The number of aromatic nitrogens is 1. The van der Waals surface area contributed by atoms with Gasteiger partial charge in [-0.2, -0.15) is 0 Å². The van der Waals surface area contributed by atoms with Crippen molar-refractivity contribution in [3.63, 3.8) is 0 Å². The lowest BCUT2D eigenvalue weighted by molar-refractivity contribution is 0.707. The zero-order valence-corrected chi connectivity index (χ0v) is 13.5. The van der Waals surface area contributed by atoms with Gasteiger partial charge in [-0.3, -0.25) is 4.98 Å². The quantitative estimate of drug-likeness (QED) is 0.740. The highest BCUT2D eigenvalue weighted by Crippen LogP contribution is 2.16. The molecule has 0 atom stereocenters. The number of pyridine rings is 1. The van der Waals surface area contributed by atoms with E-state index in [2.05, 4.69) is 73.1 Å². The van der Waals surface area contributed by atoms with Gasteiger partial charge in [-0.25, -0.2) is 0 Å². The van der Waals surface area contributed by atoms with Crippen molar-refractivity contribution >= 4 is 5.69 Å².